The summed E-state index contributed by atoms with van der Waals surface area (Å²) in [5.74, 6) is 0.0918. The van der Waals surface area contributed by atoms with Crippen LogP contribution >= 0.6 is 11.3 Å². The molecule has 37 heavy (non-hydrogen) atoms. The number of amides is 1. The number of benzene rings is 1. The van der Waals surface area contributed by atoms with Crippen LogP contribution in [0, 0.1) is 0 Å². The van der Waals surface area contributed by atoms with Crippen molar-refractivity contribution in [3.05, 3.63) is 87.9 Å². The quantitative estimate of drug-likeness (QED) is 0.490. The lowest BCUT2D eigenvalue weighted by Gasteiger charge is -2.27. The molecule has 0 atom stereocenters. The van der Waals surface area contributed by atoms with Crippen molar-refractivity contribution in [3.8, 4) is 11.1 Å². The molecule has 1 saturated heterocycles. The van der Waals surface area contributed by atoms with Gasteiger partial charge in [0.15, 0.2) is 0 Å². The summed E-state index contributed by atoms with van der Waals surface area (Å²) in [6, 6.07) is 13.0. The van der Waals surface area contributed by atoms with E-state index in [4.69, 9.17) is 9.72 Å². The predicted molar refractivity (Wildman–Crippen MR) is 144 cm³/mol. The number of aromatic nitrogens is 1. The molecule has 1 amide bonds. The van der Waals surface area contributed by atoms with E-state index < -0.39 is 10.0 Å². The van der Waals surface area contributed by atoms with Gasteiger partial charge in [0.05, 0.1) is 28.7 Å². The molecule has 3 aromatic rings. The van der Waals surface area contributed by atoms with Gasteiger partial charge in [-0.15, -0.1) is 11.3 Å². The van der Waals surface area contributed by atoms with Crippen LogP contribution in [0.5, 0.6) is 0 Å². The van der Waals surface area contributed by atoms with E-state index in [0.717, 1.165) is 40.1 Å². The molecule has 1 fully saturated rings. The van der Waals surface area contributed by atoms with E-state index >= 15 is 0 Å². The van der Waals surface area contributed by atoms with Crippen molar-refractivity contribution in [1.82, 2.24) is 14.2 Å². The zero-order valence-electron chi connectivity index (χ0n) is 20.3. The SMILES string of the molecule is O=C(c1cccs1)N1CC=C(C2=CCc3ncc(-c4ccc(S(=O)(=O)N5CCOCC5)cc4)cc32)CC1. The molecule has 3 aliphatic rings. The predicted octanol–water partition coefficient (Wildman–Crippen LogP) is 4.24. The Hall–Kier alpha value is -3.11. The second-order valence-electron chi connectivity index (χ2n) is 9.29. The number of allylic oxidation sites excluding steroid dienone is 2. The highest BCUT2D eigenvalue weighted by Crippen LogP contribution is 2.37. The number of sulfonamides is 1. The minimum Gasteiger partial charge on any atom is -0.379 e. The lowest BCUT2D eigenvalue weighted by Crippen LogP contribution is -2.40. The zero-order chi connectivity index (χ0) is 25.4. The first kappa shape index (κ1) is 24.2. The molecule has 0 N–H and O–H groups in total. The third-order valence-corrected chi connectivity index (χ3v) is 9.90. The van der Waals surface area contributed by atoms with Crippen molar-refractivity contribution < 1.29 is 17.9 Å². The molecule has 0 radical (unpaired) electrons. The van der Waals surface area contributed by atoms with Gasteiger partial charge in [0, 0.05) is 49.9 Å². The average Bonchev–Trinajstić information content (AvgIpc) is 3.64. The molecule has 4 heterocycles. The number of morpholine rings is 1. The van der Waals surface area contributed by atoms with Gasteiger partial charge in [-0.3, -0.25) is 9.78 Å². The molecule has 0 bridgehead atoms. The monoisotopic (exact) mass is 533 g/mol. The molecule has 1 aliphatic carbocycles. The first-order valence-corrected chi connectivity index (χ1v) is 14.7. The molecule has 2 aromatic heterocycles. The van der Waals surface area contributed by atoms with Crippen molar-refractivity contribution in [2.75, 3.05) is 39.4 Å². The summed E-state index contributed by atoms with van der Waals surface area (Å²) in [6.45, 7) is 2.90. The minimum absolute atomic E-state index is 0.0918. The van der Waals surface area contributed by atoms with Gasteiger partial charge in [0.2, 0.25) is 10.0 Å². The Morgan fingerprint density at radius 2 is 1.81 bits per heavy atom. The number of carbonyl (C=O) groups excluding carboxylic acids is 1. The molecule has 1 aromatic carbocycles. The summed E-state index contributed by atoms with van der Waals surface area (Å²) in [6.07, 6.45) is 7.84. The lowest BCUT2D eigenvalue weighted by atomic mass is 9.94. The number of hydrogen-bond acceptors (Lipinski definition) is 6. The third kappa shape index (κ3) is 4.68. The summed E-state index contributed by atoms with van der Waals surface area (Å²) in [5.41, 5.74) is 6.48. The van der Waals surface area contributed by atoms with Gasteiger partial charge >= 0.3 is 0 Å². The van der Waals surface area contributed by atoms with Gasteiger partial charge in [-0.05, 0) is 52.8 Å². The van der Waals surface area contributed by atoms with Gasteiger partial charge in [-0.25, -0.2) is 8.42 Å². The minimum atomic E-state index is -3.53. The Kier molecular flexibility index (Phi) is 6.54. The van der Waals surface area contributed by atoms with Crippen molar-refractivity contribution >= 4 is 32.8 Å². The molecular weight excluding hydrogens is 506 g/mol. The standard InChI is InChI=1S/C28H27N3O4S2/c32-28(27-2-1-17-36-27)30-11-9-21(10-12-30)24-7-8-26-25(24)18-22(19-29-26)20-3-5-23(6-4-20)37(33,34)31-13-15-35-16-14-31/h1-7,9,17-19H,8,10-16H2. The van der Waals surface area contributed by atoms with Crippen LogP contribution in [0.15, 0.2) is 76.7 Å². The Balaban J connectivity index is 1.20. The summed E-state index contributed by atoms with van der Waals surface area (Å²) in [7, 11) is -3.53. The van der Waals surface area contributed by atoms with E-state index in [1.165, 1.54) is 26.8 Å². The maximum Gasteiger partial charge on any atom is 0.264 e. The highest BCUT2D eigenvalue weighted by atomic mass is 32.2. The van der Waals surface area contributed by atoms with Gasteiger partial charge in [0.25, 0.3) is 5.91 Å². The Morgan fingerprint density at radius 3 is 2.51 bits per heavy atom. The molecule has 2 aliphatic heterocycles. The maximum atomic E-state index is 13.0. The van der Waals surface area contributed by atoms with Crippen LogP contribution in [-0.4, -0.2) is 67.9 Å². The van der Waals surface area contributed by atoms with Crippen molar-refractivity contribution in [2.45, 2.75) is 17.7 Å². The number of thiophene rings is 1. The second kappa shape index (κ2) is 9.98. The van der Waals surface area contributed by atoms with Gasteiger partial charge in [-0.1, -0.05) is 30.4 Å². The topological polar surface area (TPSA) is 79.8 Å². The van der Waals surface area contributed by atoms with Crippen LogP contribution in [0.4, 0.5) is 0 Å². The Morgan fingerprint density at radius 1 is 1.00 bits per heavy atom. The number of fused-ring (bicyclic) bond motifs is 1. The summed E-state index contributed by atoms with van der Waals surface area (Å²) >= 11 is 1.48. The van der Waals surface area contributed by atoms with Crippen molar-refractivity contribution in [1.29, 1.82) is 0 Å². The smallest absolute Gasteiger partial charge is 0.264 e. The first-order chi connectivity index (χ1) is 18.0. The fourth-order valence-electron chi connectivity index (χ4n) is 5.07. The molecule has 7 nitrogen and oxygen atoms in total. The number of ether oxygens (including phenoxy) is 1. The van der Waals surface area contributed by atoms with Crippen LogP contribution < -0.4 is 0 Å². The maximum absolute atomic E-state index is 13.0. The summed E-state index contributed by atoms with van der Waals surface area (Å²) < 4.78 is 32.7. The normalized spacial score (nSPS) is 18.3. The number of nitrogens with zero attached hydrogens (tertiary/aromatic N) is 3. The van der Waals surface area contributed by atoms with Crippen LogP contribution in [-0.2, 0) is 21.2 Å². The Labute approximate surface area is 220 Å². The average molecular weight is 534 g/mol. The van der Waals surface area contributed by atoms with E-state index in [1.54, 1.807) is 12.1 Å². The second-order valence-corrected chi connectivity index (χ2v) is 12.2. The largest absolute Gasteiger partial charge is 0.379 e. The number of rotatable bonds is 5. The van der Waals surface area contributed by atoms with E-state index in [1.807, 2.05) is 40.7 Å². The zero-order valence-corrected chi connectivity index (χ0v) is 21.9. The van der Waals surface area contributed by atoms with E-state index in [0.29, 0.717) is 44.3 Å². The van der Waals surface area contributed by atoms with Crippen LogP contribution in [0.25, 0.3) is 16.7 Å². The van der Waals surface area contributed by atoms with Crippen LogP contribution in [0.1, 0.15) is 27.3 Å². The van der Waals surface area contributed by atoms with E-state index in [9.17, 15) is 13.2 Å². The fourth-order valence-corrected chi connectivity index (χ4v) is 7.17. The molecule has 0 spiro atoms. The number of carbonyl (C=O) groups is 1. The molecule has 0 saturated carbocycles. The molecule has 6 rings (SSSR count). The number of hydrogen-bond donors (Lipinski definition) is 0. The van der Waals surface area contributed by atoms with Gasteiger partial charge < -0.3 is 9.64 Å². The first-order valence-electron chi connectivity index (χ1n) is 12.4. The van der Waals surface area contributed by atoms with Crippen LogP contribution in [0.3, 0.4) is 0 Å². The van der Waals surface area contributed by atoms with Crippen molar-refractivity contribution in [3.63, 3.8) is 0 Å². The van der Waals surface area contributed by atoms with Gasteiger partial charge in [-0.2, -0.15) is 4.31 Å². The lowest BCUT2D eigenvalue weighted by molar-refractivity contribution is 0.0730. The van der Waals surface area contributed by atoms with Crippen molar-refractivity contribution in [2.24, 2.45) is 0 Å². The molecule has 0 unspecified atom stereocenters. The number of pyridine rings is 1. The van der Waals surface area contributed by atoms with Crippen LogP contribution in [0.2, 0.25) is 0 Å². The van der Waals surface area contributed by atoms with E-state index in [2.05, 4.69) is 18.2 Å². The third-order valence-electron chi connectivity index (χ3n) is 7.13. The van der Waals surface area contributed by atoms with E-state index in [-0.39, 0.29) is 5.91 Å². The Bertz CT molecular complexity index is 1490. The molecule has 9 heteroatoms. The fraction of sp³-hybridized carbons (Fsp3) is 0.286. The highest BCUT2D eigenvalue weighted by molar-refractivity contribution is 7.89. The molecular formula is C28H27N3O4S2. The summed E-state index contributed by atoms with van der Waals surface area (Å²) in [4.78, 5) is 20.4. The summed E-state index contributed by atoms with van der Waals surface area (Å²) in [5, 5.41) is 1.93. The van der Waals surface area contributed by atoms with Gasteiger partial charge in [0.1, 0.15) is 0 Å². The molecule has 190 valence electrons. The highest BCUT2D eigenvalue weighted by Gasteiger charge is 2.27.